The number of rotatable bonds is 5. The maximum Gasteiger partial charge on any atom is 0.341 e. The Kier molecular flexibility index (Phi) is 4.79. The van der Waals surface area contributed by atoms with E-state index in [9.17, 15) is 9.18 Å². The van der Waals surface area contributed by atoms with Crippen LogP contribution in [0.5, 0.6) is 0 Å². The van der Waals surface area contributed by atoms with Crippen molar-refractivity contribution < 1.29 is 18.7 Å². The van der Waals surface area contributed by atoms with Gasteiger partial charge in [0.2, 0.25) is 0 Å². The highest BCUT2D eigenvalue weighted by atomic mass is 19.1. The lowest BCUT2D eigenvalue weighted by Crippen LogP contribution is -2.07. The predicted molar refractivity (Wildman–Crippen MR) is 92.2 cm³/mol. The molecule has 25 heavy (non-hydrogen) atoms. The lowest BCUT2D eigenvalue weighted by atomic mass is 10.0. The zero-order chi connectivity index (χ0) is 17.8. The van der Waals surface area contributed by atoms with E-state index in [1.165, 1.54) is 26.5 Å². The summed E-state index contributed by atoms with van der Waals surface area (Å²) in [5.74, 6) is -1.21. The molecule has 2 aromatic carbocycles. The summed E-state index contributed by atoms with van der Waals surface area (Å²) in [7, 11) is 2.63. The summed E-state index contributed by atoms with van der Waals surface area (Å²) in [6.45, 7) is 0.539. The molecule has 0 aliphatic carbocycles. The molecular weight excluding hydrogens is 323 g/mol. The minimum Gasteiger partial charge on any atom is -0.503 e. The third-order valence-corrected chi connectivity index (χ3v) is 3.84. The first-order valence-corrected chi connectivity index (χ1v) is 7.64. The van der Waals surface area contributed by atoms with Crippen LogP contribution >= 0.6 is 0 Å². The number of aromatic nitrogens is 2. The number of ether oxygens (including phenoxy) is 2. The maximum absolute atomic E-state index is 14.5. The van der Waals surface area contributed by atoms with E-state index in [0.29, 0.717) is 17.4 Å². The molecule has 1 aromatic heterocycles. The van der Waals surface area contributed by atoms with E-state index in [4.69, 9.17) is 9.47 Å². The molecule has 0 spiro atoms. The maximum atomic E-state index is 14.5. The van der Waals surface area contributed by atoms with Gasteiger partial charge in [-0.15, -0.1) is 0 Å². The fraction of sp³-hybridized carbons (Fsp3) is 0.158. The van der Waals surface area contributed by atoms with Gasteiger partial charge in [-0.25, -0.2) is 9.18 Å². The second kappa shape index (κ2) is 7.17. The largest absolute Gasteiger partial charge is 0.503 e. The van der Waals surface area contributed by atoms with Crippen LogP contribution in [0.4, 0.5) is 4.39 Å². The molecule has 5 nitrogen and oxygen atoms in total. The Bertz CT molecular complexity index is 932. The fourth-order valence-electron chi connectivity index (χ4n) is 2.64. The summed E-state index contributed by atoms with van der Waals surface area (Å²) in [4.78, 5) is 11.9. The van der Waals surface area contributed by atoms with E-state index in [-0.39, 0.29) is 11.1 Å². The number of halogens is 1. The van der Waals surface area contributed by atoms with Gasteiger partial charge in [0, 0.05) is 10.9 Å². The highest BCUT2D eigenvalue weighted by Crippen LogP contribution is 2.26. The van der Waals surface area contributed by atoms with Crippen molar-refractivity contribution in [2.45, 2.75) is 6.54 Å². The van der Waals surface area contributed by atoms with Crippen molar-refractivity contribution in [1.29, 1.82) is 0 Å². The summed E-state index contributed by atoms with van der Waals surface area (Å²) < 4.78 is 25.9. The number of fused-ring (bicyclic) bond motifs is 1. The van der Waals surface area contributed by atoms with E-state index in [1.807, 2.05) is 30.3 Å². The first-order chi connectivity index (χ1) is 12.1. The van der Waals surface area contributed by atoms with Crippen molar-refractivity contribution in [2.24, 2.45) is 0 Å². The van der Waals surface area contributed by atoms with Crippen LogP contribution in [0, 0.1) is 5.82 Å². The molecule has 3 aromatic rings. The number of nitrogens with zero attached hydrogens (tertiary/aromatic N) is 2. The van der Waals surface area contributed by atoms with Gasteiger partial charge in [0.05, 0.1) is 38.7 Å². The Morgan fingerprint density at radius 3 is 2.68 bits per heavy atom. The SMILES string of the molecule is CO/C=C(/C(=O)OC)c1cc2c(cnn2Cc2ccccc2)cc1F. The van der Waals surface area contributed by atoms with Gasteiger partial charge in [-0.05, 0) is 17.7 Å². The Morgan fingerprint density at radius 2 is 2.00 bits per heavy atom. The van der Waals surface area contributed by atoms with Crippen molar-refractivity contribution in [2.75, 3.05) is 14.2 Å². The number of carbonyl (C=O) groups excluding carboxylic acids is 1. The van der Waals surface area contributed by atoms with Crippen molar-refractivity contribution in [3.05, 3.63) is 71.9 Å². The Labute approximate surface area is 144 Å². The minimum atomic E-state index is -0.672. The van der Waals surface area contributed by atoms with Crippen molar-refractivity contribution >= 4 is 22.4 Å². The standard InChI is InChI=1S/C19H17FN2O3/c1-24-12-16(19(23)25-2)15-9-18-14(8-17(15)20)10-21-22(18)11-13-6-4-3-5-7-13/h3-10,12H,11H2,1-2H3/b16-12+. The molecule has 0 N–H and O–H groups in total. The molecule has 0 amide bonds. The minimum absolute atomic E-state index is 0.0110. The third-order valence-electron chi connectivity index (χ3n) is 3.84. The molecule has 0 radical (unpaired) electrons. The molecule has 3 rings (SSSR count). The summed E-state index contributed by atoms with van der Waals surface area (Å²) in [5, 5.41) is 4.98. The number of carbonyl (C=O) groups is 1. The number of benzene rings is 2. The molecular formula is C19H17FN2O3. The summed E-state index contributed by atoms with van der Waals surface area (Å²) >= 11 is 0. The van der Waals surface area contributed by atoms with E-state index < -0.39 is 11.8 Å². The van der Waals surface area contributed by atoms with E-state index in [2.05, 4.69) is 5.10 Å². The molecule has 0 atom stereocenters. The first kappa shape index (κ1) is 16.7. The summed E-state index contributed by atoms with van der Waals surface area (Å²) in [5.41, 5.74) is 1.90. The number of hydrogen-bond donors (Lipinski definition) is 0. The molecule has 0 saturated heterocycles. The Hall–Kier alpha value is -3.15. The van der Waals surface area contributed by atoms with Crippen LogP contribution in [0.1, 0.15) is 11.1 Å². The molecule has 1 heterocycles. The smallest absolute Gasteiger partial charge is 0.341 e. The highest BCUT2D eigenvalue weighted by Gasteiger charge is 2.19. The van der Waals surface area contributed by atoms with Gasteiger partial charge in [-0.1, -0.05) is 30.3 Å². The van der Waals surface area contributed by atoms with E-state index in [0.717, 1.165) is 5.56 Å². The topological polar surface area (TPSA) is 53.4 Å². The first-order valence-electron chi connectivity index (χ1n) is 7.64. The fourth-order valence-corrected chi connectivity index (χ4v) is 2.64. The van der Waals surface area contributed by atoms with Crippen LogP contribution in [-0.2, 0) is 20.8 Å². The van der Waals surface area contributed by atoms with E-state index >= 15 is 0 Å². The van der Waals surface area contributed by atoms with Crippen LogP contribution in [-0.4, -0.2) is 30.0 Å². The monoisotopic (exact) mass is 340 g/mol. The third kappa shape index (κ3) is 3.38. The van der Waals surface area contributed by atoms with Crippen molar-refractivity contribution in [3.8, 4) is 0 Å². The lowest BCUT2D eigenvalue weighted by molar-refractivity contribution is -0.133. The average Bonchev–Trinajstić information content (AvgIpc) is 3.01. The Morgan fingerprint density at radius 1 is 1.24 bits per heavy atom. The van der Waals surface area contributed by atoms with Crippen LogP contribution in [0.25, 0.3) is 16.5 Å². The zero-order valence-corrected chi connectivity index (χ0v) is 13.9. The predicted octanol–water partition coefficient (Wildman–Crippen LogP) is 3.38. The lowest BCUT2D eigenvalue weighted by Gasteiger charge is -2.09. The summed E-state index contributed by atoms with van der Waals surface area (Å²) in [6.07, 6.45) is 2.77. The molecule has 0 bridgehead atoms. The number of methoxy groups -OCH3 is 2. The molecule has 6 heteroatoms. The average molecular weight is 340 g/mol. The number of hydrogen-bond acceptors (Lipinski definition) is 4. The van der Waals surface area contributed by atoms with Crippen LogP contribution in [0.15, 0.2) is 54.9 Å². The molecule has 0 saturated carbocycles. The van der Waals surface area contributed by atoms with Gasteiger partial charge in [0.25, 0.3) is 0 Å². The quantitative estimate of drug-likeness (QED) is 0.406. The van der Waals surface area contributed by atoms with Gasteiger partial charge >= 0.3 is 5.97 Å². The van der Waals surface area contributed by atoms with Crippen LogP contribution < -0.4 is 0 Å². The Balaban J connectivity index is 2.09. The van der Waals surface area contributed by atoms with Crippen molar-refractivity contribution in [3.63, 3.8) is 0 Å². The van der Waals surface area contributed by atoms with Gasteiger partial charge in [-0.2, -0.15) is 5.10 Å². The molecule has 0 fully saturated rings. The number of esters is 1. The van der Waals surface area contributed by atoms with Gasteiger partial charge < -0.3 is 9.47 Å². The van der Waals surface area contributed by atoms with Gasteiger partial charge in [-0.3, -0.25) is 4.68 Å². The van der Waals surface area contributed by atoms with Crippen LogP contribution in [0.3, 0.4) is 0 Å². The van der Waals surface area contributed by atoms with Crippen LogP contribution in [0.2, 0.25) is 0 Å². The second-order valence-electron chi connectivity index (χ2n) is 5.44. The zero-order valence-electron chi connectivity index (χ0n) is 13.9. The highest BCUT2D eigenvalue weighted by molar-refractivity contribution is 6.16. The molecule has 0 aliphatic rings. The molecule has 0 unspecified atom stereocenters. The molecule has 0 aliphatic heterocycles. The molecule has 128 valence electrons. The second-order valence-corrected chi connectivity index (χ2v) is 5.44. The summed E-state index contributed by atoms with van der Waals surface area (Å²) in [6, 6.07) is 12.8. The normalized spacial score (nSPS) is 11.6. The van der Waals surface area contributed by atoms with Gasteiger partial charge in [0.15, 0.2) is 0 Å². The van der Waals surface area contributed by atoms with E-state index in [1.54, 1.807) is 16.9 Å². The van der Waals surface area contributed by atoms with Crippen molar-refractivity contribution in [1.82, 2.24) is 9.78 Å². The van der Waals surface area contributed by atoms with Gasteiger partial charge in [0.1, 0.15) is 11.4 Å².